The highest BCUT2D eigenvalue weighted by atomic mass is 16.5. The van der Waals surface area contributed by atoms with Gasteiger partial charge in [-0.05, 0) is 18.4 Å². The fraction of sp³-hybridized carbons (Fsp3) is 0.588. The Bertz CT molecular complexity index is 402. The molecule has 0 aliphatic rings. The van der Waals surface area contributed by atoms with E-state index in [2.05, 4.69) is 6.92 Å². The molecule has 0 aliphatic carbocycles. The summed E-state index contributed by atoms with van der Waals surface area (Å²) in [7, 11) is 1.39. The molecule has 0 saturated carbocycles. The molecule has 0 spiro atoms. The predicted octanol–water partition coefficient (Wildman–Crippen LogP) is 3.35. The smallest absolute Gasteiger partial charge is 0.311 e. The fourth-order valence-corrected chi connectivity index (χ4v) is 2.60. The third-order valence-corrected chi connectivity index (χ3v) is 3.95. The van der Waals surface area contributed by atoms with Crippen molar-refractivity contribution in [3.05, 3.63) is 35.9 Å². The van der Waals surface area contributed by atoms with Crippen LogP contribution in [0.15, 0.2) is 30.3 Å². The van der Waals surface area contributed by atoms with Crippen LogP contribution < -0.4 is 0 Å². The van der Waals surface area contributed by atoms with Crippen LogP contribution in [0.5, 0.6) is 0 Å². The van der Waals surface area contributed by atoms with Gasteiger partial charge in [0.1, 0.15) is 0 Å². The molecular formula is C17H26O3. The first kappa shape index (κ1) is 16.7. The van der Waals surface area contributed by atoms with E-state index in [0.717, 1.165) is 18.4 Å². The fourth-order valence-electron chi connectivity index (χ4n) is 2.60. The maximum atomic E-state index is 12.0. The zero-order valence-corrected chi connectivity index (χ0v) is 12.8. The highest BCUT2D eigenvalue weighted by Gasteiger charge is 2.40. The Morgan fingerprint density at radius 3 is 2.45 bits per heavy atom. The standard InChI is InChI=1S/C17H26O3/c1-4-6-12-15(16(18)20-3)17(19,5-2)13-14-10-8-7-9-11-14/h7-11,15,19H,4-6,12-13H2,1-3H3. The summed E-state index contributed by atoms with van der Waals surface area (Å²) in [5.74, 6) is -0.767. The monoisotopic (exact) mass is 278 g/mol. The van der Waals surface area contributed by atoms with Crippen LogP contribution in [0.25, 0.3) is 0 Å². The molecule has 3 nitrogen and oxygen atoms in total. The van der Waals surface area contributed by atoms with Crippen LogP contribution in [0.4, 0.5) is 0 Å². The zero-order chi connectivity index (χ0) is 15.0. The highest BCUT2D eigenvalue weighted by molar-refractivity contribution is 5.73. The molecule has 0 saturated heterocycles. The second kappa shape index (κ2) is 8.05. The molecule has 0 aliphatic heterocycles. The highest BCUT2D eigenvalue weighted by Crippen LogP contribution is 2.31. The van der Waals surface area contributed by atoms with E-state index in [1.807, 2.05) is 37.3 Å². The SMILES string of the molecule is CCCCC(C(=O)OC)C(O)(CC)Cc1ccccc1. The number of carbonyl (C=O) groups is 1. The number of carbonyl (C=O) groups excluding carboxylic acids is 1. The number of hydrogen-bond acceptors (Lipinski definition) is 3. The molecule has 0 fully saturated rings. The summed E-state index contributed by atoms with van der Waals surface area (Å²) in [6.45, 7) is 4.00. The zero-order valence-electron chi connectivity index (χ0n) is 12.8. The van der Waals surface area contributed by atoms with Gasteiger partial charge in [-0.25, -0.2) is 0 Å². The molecule has 1 aromatic rings. The number of unbranched alkanes of at least 4 members (excludes halogenated alkanes) is 1. The van der Waals surface area contributed by atoms with Crippen molar-refractivity contribution in [1.82, 2.24) is 0 Å². The molecule has 0 heterocycles. The Kier molecular flexibility index (Phi) is 6.73. The van der Waals surface area contributed by atoms with Crippen molar-refractivity contribution in [2.45, 2.75) is 51.6 Å². The van der Waals surface area contributed by atoms with Crippen molar-refractivity contribution in [1.29, 1.82) is 0 Å². The van der Waals surface area contributed by atoms with Crippen molar-refractivity contribution in [3.8, 4) is 0 Å². The normalized spacial score (nSPS) is 15.4. The average molecular weight is 278 g/mol. The number of aliphatic hydroxyl groups is 1. The Morgan fingerprint density at radius 2 is 1.95 bits per heavy atom. The van der Waals surface area contributed by atoms with Crippen molar-refractivity contribution >= 4 is 5.97 Å². The Balaban J connectivity index is 2.93. The number of methoxy groups -OCH3 is 1. The topological polar surface area (TPSA) is 46.5 Å². The van der Waals surface area contributed by atoms with Crippen LogP contribution in [-0.2, 0) is 16.0 Å². The van der Waals surface area contributed by atoms with Crippen LogP contribution in [0.2, 0.25) is 0 Å². The third kappa shape index (κ3) is 4.34. The van der Waals surface area contributed by atoms with Gasteiger partial charge in [0.25, 0.3) is 0 Å². The van der Waals surface area contributed by atoms with Crippen LogP contribution >= 0.6 is 0 Å². The number of hydrogen-bond donors (Lipinski definition) is 1. The summed E-state index contributed by atoms with van der Waals surface area (Å²) in [6, 6.07) is 9.81. The minimum atomic E-state index is -1.04. The van der Waals surface area contributed by atoms with Crippen LogP contribution in [0.3, 0.4) is 0 Å². The predicted molar refractivity (Wildman–Crippen MR) is 80.4 cm³/mol. The first-order valence-electron chi connectivity index (χ1n) is 7.41. The van der Waals surface area contributed by atoms with Crippen LogP contribution in [-0.4, -0.2) is 23.8 Å². The lowest BCUT2D eigenvalue weighted by atomic mass is 9.77. The van der Waals surface area contributed by atoms with Gasteiger partial charge in [-0.3, -0.25) is 4.79 Å². The van der Waals surface area contributed by atoms with Crippen molar-refractivity contribution in [2.24, 2.45) is 5.92 Å². The maximum Gasteiger partial charge on any atom is 0.311 e. The van der Waals surface area contributed by atoms with Gasteiger partial charge in [-0.2, -0.15) is 0 Å². The average Bonchev–Trinajstić information content (AvgIpc) is 2.48. The van der Waals surface area contributed by atoms with Gasteiger partial charge in [-0.1, -0.05) is 57.0 Å². The van der Waals surface area contributed by atoms with Crippen LogP contribution in [0.1, 0.15) is 45.1 Å². The first-order chi connectivity index (χ1) is 9.57. The molecule has 1 N–H and O–H groups in total. The van der Waals surface area contributed by atoms with Crippen molar-refractivity contribution < 1.29 is 14.6 Å². The van der Waals surface area contributed by atoms with E-state index in [1.54, 1.807) is 0 Å². The summed E-state index contributed by atoms with van der Waals surface area (Å²) in [4.78, 5) is 12.0. The largest absolute Gasteiger partial charge is 0.469 e. The number of rotatable bonds is 8. The Morgan fingerprint density at radius 1 is 1.30 bits per heavy atom. The van der Waals surface area contributed by atoms with Gasteiger partial charge >= 0.3 is 5.97 Å². The molecule has 0 radical (unpaired) electrons. The maximum absolute atomic E-state index is 12.0. The van der Waals surface area contributed by atoms with Crippen molar-refractivity contribution in [3.63, 3.8) is 0 Å². The molecule has 20 heavy (non-hydrogen) atoms. The number of esters is 1. The first-order valence-corrected chi connectivity index (χ1v) is 7.41. The molecule has 0 amide bonds. The van der Waals surface area contributed by atoms with Crippen LogP contribution in [0, 0.1) is 5.92 Å². The summed E-state index contributed by atoms with van der Waals surface area (Å²) in [5.41, 5.74) is 0.00567. The molecular weight excluding hydrogens is 252 g/mol. The Hall–Kier alpha value is -1.35. The quantitative estimate of drug-likeness (QED) is 0.742. The number of ether oxygens (including phenoxy) is 1. The lowest BCUT2D eigenvalue weighted by Crippen LogP contribution is -2.44. The third-order valence-electron chi connectivity index (χ3n) is 3.95. The molecule has 112 valence electrons. The molecule has 2 atom stereocenters. The minimum absolute atomic E-state index is 0.307. The minimum Gasteiger partial charge on any atom is -0.469 e. The lowest BCUT2D eigenvalue weighted by molar-refractivity contribution is -0.157. The summed E-state index contributed by atoms with van der Waals surface area (Å²) >= 11 is 0. The molecule has 1 aromatic carbocycles. The van der Waals surface area contributed by atoms with E-state index in [4.69, 9.17) is 4.74 Å². The van der Waals surface area contributed by atoms with E-state index in [-0.39, 0.29) is 5.97 Å². The summed E-state index contributed by atoms with van der Waals surface area (Å²) in [5, 5.41) is 11.0. The summed E-state index contributed by atoms with van der Waals surface area (Å²) < 4.78 is 4.90. The van der Waals surface area contributed by atoms with Gasteiger partial charge in [0.05, 0.1) is 18.6 Å². The van der Waals surface area contributed by atoms with Crippen molar-refractivity contribution in [2.75, 3.05) is 7.11 Å². The van der Waals surface area contributed by atoms with Gasteiger partial charge in [-0.15, -0.1) is 0 Å². The second-order valence-electron chi connectivity index (χ2n) is 5.34. The van der Waals surface area contributed by atoms with E-state index in [9.17, 15) is 9.90 Å². The van der Waals surface area contributed by atoms with Gasteiger partial charge < -0.3 is 9.84 Å². The van der Waals surface area contributed by atoms with Gasteiger partial charge in [0.15, 0.2) is 0 Å². The summed E-state index contributed by atoms with van der Waals surface area (Å²) in [6.07, 6.45) is 3.59. The molecule has 0 aromatic heterocycles. The van der Waals surface area contributed by atoms with E-state index in [1.165, 1.54) is 7.11 Å². The molecule has 0 bridgehead atoms. The second-order valence-corrected chi connectivity index (χ2v) is 5.34. The van der Waals surface area contributed by atoms with E-state index in [0.29, 0.717) is 19.3 Å². The van der Waals surface area contributed by atoms with Gasteiger partial charge in [0.2, 0.25) is 0 Å². The van der Waals surface area contributed by atoms with E-state index >= 15 is 0 Å². The molecule has 3 heteroatoms. The van der Waals surface area contributed by atoms with E-state index < -0.39 is 11.5 Å². The van der Waals surface area contributed by atoms with Gasteiger partial charge in [0, 0.05) is 6.42 Å². The lowest BCUT2D eigenvalue weighted by Gasteiger charge is -2.34. The number of benzene rings is 1. The Labute approximate surface area is 122 Å². The molecule has 1 rings (SSSR count). The molecule has 2 unspecified atom stereocenters.